The second kappa shape index (κ2) is 6.59. The Bertz CT molecular complexity index is 397. The highest BCUT2D eigenvalue weighted by atomic mass is 35.5. The summed E-state index contributed by atoms with van der Waals surface area (Å²) in [4.78, 5) is 10.9. The Morgan fingerprint density at radius 1 is 1.44 bits per heavy atom. The first-order chi connectivity index (χ1) is 8.72. The Hall–Kier alpha value is -0.520. The summed E-state index contributed by atoms with van der Waals surface area (Å²) in [6, 6.07) is 1.85. The van der Waals surface area contributed by atoms with Crippen LogP contribution in [-0.2, 0) is 4.74 Å². The van der Waals surface area contributed by atoms with Gasteiger partial charge in [0.1, 0.15) is 11.0 Å². The second-order valence-corrected chi connectivity index (χ2v) is 5.58. The number of thioether (sulfide) groups is 1. The molecule has 1 aromatic heterocycles. The molecule has 6 heteroatoms. The van der Waals surface area contributed by atoms with Crippen LogP contribution in [0.3, 0.4) is 0 Å². The number of nitrogens with zero attached hydrogens (tertiary/aromatic N) is 3. The van der Waals surface area contributed by atoms with Crippen molar-refractivity contribution >= 4 is 29.2 Å². The molecule has 100 valence electrons. The van der Waals surface area contributed by atoms with Gasteiger partial charge in [0.25, 0.3) is 0 Å². The summed E-state index contributed by atoms with van der Waals surface area (Å²) in [7, 11) is 1.77. The second-order valence-electron chi connectivity index (χ2n) is 4.42. The molecule has 1 aliphatic heterocycles. The molecule has 0 bridgehead atoms. The maximum absolute atomic E-state index is 6.02. The van der Waals surface area contributed by atoms with E-state index in [2.05, 4.69) is 14.9 Å². The van der Waals surface area contributed by atoms with E-state index in [-0.39, 0.29) is 0 Å². The van der Waals surface area contributed by atoms with Crippen LogP contribution >= 0.6 is 23.4 Å². The van der Waals surface area contributed by atoms with Crippen molar-refractivity contribution < 1.29 is 4.74 Å². The summed E-state index contributed by atoms with van der Waals surface area (Å²) < 4.78 is 5.21. The van der Waals surface area contributed by atoms with Gasteiger partial charge >= 0.3 is 0 Å². The molecule has 0 saturated carbocycles. The third-order valence-corrected chi connectivity index (χ3v) is 3.93. The molecule has 1 aromatic rings. The lowest BCUT2D eigenvalue weighted by Crippen LogP contribution is -2.35. The number of hydrogen-bond acceptors (Lipinski definition) is 5. The van der Waals surface area contributed by atoms with Crippen LogP contribution in [0, 0.1) is 5.92 Å². The molecule has 0 N–H and O–H groups in total. The van der Waals surface area contributed by atoms with Gasteiger partial charge in [-0.3, -0.25) is 0 Å². The van der Waals surface area contributed by atoms with Crippen molar-refractivity contribution in [3.8, 4) is 0 Å². The predicted octanol–water partition coefficient (Wildman–Crippen LogP) is 2.71. The van der Waals surface area contributed by atoms with Gasteiger partial charge in [0.2, 0.25) is 0 Å². The first-order valence-corrected chi connectivity index (χ1v) is 7.65. The lowest BCUT2D eigenvalue weighted by Gasteiger charge is -2.32. The molecule has 0 aromatic carbocycles. The minimum Gasteiger partial charge on any atom is -0.384 e. The van der Waals surface area contributed by atoms with E-state index in [1.807, 2.05) is 12.3 Å². The van der Waals surface area contributed by atoms with Crippen molar-refractivity contribution in [1.82, 2.24) is 9.97 Å². The highest BCUT2D eigenvalue weighted by molar-refractivity contribution is 7.98. The Balaban J connectivity index is 2.02. The third-order valence-electron chi connectivity index (χ3n) is 3.18. The Morgan fingerprint density at radius 3 is 2.78 bits per heavy atom. The molecule has 0 atom stereocenters. The number of ether oxygens (including phenoxy) is 1. The van der Waals surface area contributed by atoms with Gasteiger partial charge < -0.3 is 9.64 Å². The van der Waals surface area contributed by atoms with Gasteiger partial charge in [-0.05, 0) is 25.0 Å². The van der Waals surface area contributed by atoms with Gasteiger partial charge in [-0.25, -0.2) is 9.97 Å². The molecule has 2 heterocycles. The van der Waals surface area contributed by atoms with Crippen LogP contribution < -0.4 is 4.90 Å². The van der Waals surface area contributed by atoms with Crippen LogP contribution in [0.2, 0.25) is 5.15 Å². The molecule has 0 spiro atoms. The van der Waals surface area contributed by atoms with Gasteiger partial charge in [0.05, 0.1) is 0 Å². The summed E-state index contributed by atoms with van der Waals surface area (Å²) in [5.74, 6) is 1.61. The average Bonchev–Trinajstić information content (AvgIpc) is 2.39. The van der Waals surface area contributed by atoms with Crippen molar-refractivity contribution in [2.24, 2.45) is 5.92 Å². The van der Waals surface area contributed by atoms with Crippen LogP contribution in [0.15, 0.2) is 11.2 Å². The molecule has 0 aliphatic carbocycles. The number of rotatable bonds is 4. The van der Waals surface area contributed by atoms with Gasteiger partial charge in [-0.15, -0.1) is 0 Å². The summed E-state index contributed by atoms with van der Waals surface area (Å²) >= 11 is 7.53. The number of halogens is 1. The summed E-state index contributed by atoms with van der Waals surface area (Å²) in [5.41, 5.74) is 0. The maximum Gasteiger partial charge on any atom is 0.190 e. The number of anilines is 1. The van der Waals surface area contributed by atoms with Gasteiger partial charge in [-0.1, -0.05) is 23.4 Å². The summed E-state index contributed by atoms with van der Waals surface area (Å²) in [6.07, 6.45) is 4.24. The van der Waals surface area contributed by atoms with Crippen molar-refractivity contribution in [1.29, 1.82) is 0 Å². The molecule has 2 rings (SSSR count). The minimum absolute atomic E-state index is 0.517. The quantitative estimate of drug-likeness (QED) is 0.484. The van der Waals surface area contributed by atoms with Crippen LogP contribution in [0.25, 0.3) is 0 Å². The van der Waals surface area contributed by atoms with E-state index in [1.165, 1.54) is 11.8 Å². The molecule has 1 aliphatic rings. The number of hydrogen-bond donors (Lipinski definition) is 0. The smallest absolute Gasteiger partial charge is 0.190 e. The van der Waals surface area contributed by atoms with E-state index in [1.54, 1.807) is 7.11 Å². The number of aromatic nitrogens is 2. The lowest BCUT2D eigenvalue weighted by molar-refractivity contribution is 0.139. The molecule has 4 nitrogen and oxygen atoms in total. The average molecular weight is 288 g/mol. The van der Waals surface area contributed by atoms with Crippen molar-refractivity contribution in [2.45, 2.75) is 18.0 Å². The predicted molar refractivity (Wildman–Crippen MR) is 75.6 cm³/mol. The number of piperidine rings is 1. The summed E-state index contributed by atoms with van der Waals surface area (Å²) in [6.45, 7) is 2.87. The first-order valence-electron chi connectivity index (χ1n) is 6.05. The SMILES string of the molecule is COCC1CCN(c2cc(Cl)nc(SC)n2)CC1. The first kappa shape index (κ1) is 13.9. The van der Waals surface area contributed by atoms with Crippen molar-refractivity contribution in [3.63, 3.8) is 0 Å². The molecule has 18 heavy (non-hydrogen) atoms. The molecular weight excluding hydrogens is 270 g/mol. The van der Waals surface area contributed by atoms with Gasteiger partial charge in [0, 0.05) is 32.9 Å². The Kier molecular flexibility index (Phi) is 5.09. The zero-order chi connectivity index (χ0) is 13.0. The van der Waals surface area contributed by atoms with Crippen molar-refractivity contribution in [3.05, 3.63) is 11.2 Å². The van der Waals surface area contributed by atoms with E-state index in [0.29, 0.717) is 11.1 Å². The van der Waals surface area contributed by atoms with Crippen LogP contribution in [0.5, 0.6) is 0 Å². The molecule has 1 fully saturated rings. The maximum atomic E-state index is 6.02. The van der Waals surface area contributed by atoms with E-state index in [9.17, 15) is 0 Å². The standard InChI is InChI=1S/C12H18ClN3OS/c1-17-8-9-3-5-16(6-4-9)11-7-10(13)14-12(15-11)18-2/h7,9H,3-6,8H2,1-2H3. The largest absolute Gasteiger partial charge is 0.384 e. The minimum atomic E-state index is 0.517. The highest BCUT2D eigenvalue weighted by Crippen LogP contribution is 2.25. The fraction of sp³-hybridized carbons (Fsp3) is 0.667. The van der Waals surface area contributed by atoms with Crippen LogP contribution in [0.1, 0.15) is 12.8 Å². The molecule has 1 saturated heterocycles. The molecule has 0 amide bonds. The molecular formula is C12H18ClN3OS. The third kappa shape index (κ3) is 3.49. The fourth-order valence-electron chi connectivity index (χ4n) is 2.20. The molecule has 0 unspecified atom stereocenters. The Morgan fingerprint density at radius 2 is 2.17 bits per heavy atom. The molecule has 0 radical (unpaired) electrons. The van der Waals surface area contributed by atoms with E-state index in [4.69, 9.17) is 16.3 Å². The topological polar surface area (TPSA) is 38.2 Å². The van der Waals surface area contributed by atoms with Crippen molar-refractivity contribution in [2.75, 3.05) is 38.0 Å². The van der Waals surface area contributed by atoms with Gasteiger partial charge in [-0.2, -0.15) is 0 Å². The number of methoxy groups -OCH3 is 1. The monoisotopic (exact) mass is 287 g/mol. The zero-order valence-electron chi connectivity index (χ0n) is 10.7. The fourth-order valence-corrected chi connectivity index (χ4v) is 2.81. The van der Waals surface area contributed by atoms with E-state index >= 15 is 0 Å². The normalized spacial score (nSPS) is 17.2. The van der Waals surface area contributed by atoms with Crippen LogP contribution in [-0.4, -0.2) is 43.0 Å². The van der Waals surface area contributed by atoms with E-state index < -0.39 is 0 Å². The summed E-state index contributed by atoms with van der Waals surface area (Å²) in [5, 5.41) is 1.25. The zero-order valence-corrected chi connectivity index (χ0v) is 12.3. The van der Waals surface area contributed by atoms with E-state index in [0.717, 1.165) is 43.5 Å². The Labute approximate surface area is 117 Å². The lowest BCUT2D eigenvalue weighted by atomic mass is 9.98. The van der Waals surface area contributed by atoms with Crippen LogP contribution in [0.4, 0.5) is 5.82 Å². The van der Waals surface area contributed by atoms with Gasteiger partial charge in [0.15, 0.2) is 5.16 Å². The highest BCUT2D eigenvalue weighted by Gasteiger charge is 2.20.